The number of aryl methyl sites for hydroxylation is 2. The van der Waals surface area contributed by atoms with E-state index in [9.17, 15) is 15.3 Å². The molecular formula is C31H42N2O3. The maximum atomic E-state index is 10.4. The van der Waals surface area contributed by atoms with Gasteiger partial charge in [0.25, 0.3) is 0 Å². The van der Waals surface area contributed by atoms with E-state index in [1.54, 1.807) is 18.2 Å². The van der Waals surface area contributed by atoms with Gasteiger partial charge in [-0.15, -0.1) is 0 Å². The number of phenolic OH excluding ortho intramolecular Hbond substituents is 3. The molecule has 0 amide bonds. The van der Waals surface area contributed by atoms with Gasteiger partial charge >= 0.3 is 0 Å². The largest absolute Gasteiger partial charge is 0.508 e. The average molecular weight is 491 g/mol. The van der Waals surface area contributed by atoms with Gasteiger partial charge in [0.05, 0.1) is 0 Å². The minimum atomic E-state index is -0.0812. The number of hydrogen-bond donors (Lipinski definition) is 5. The smallest absolute Gasteiger partial charge is 0.160 e. The van der Waals surface area contributed by atoms with E-state index >= 15 is 0 Å². The van der Waals surface area contributed by atoms with Crippen molar-refractivity contribution in [1.82, 2.24) is 10.6 Å². The van der Waals surface area contributed by atoms with Crippen molar-refractivity contribution in [2.24, 2.45) is 0 Å². The summed E-state index contributed by atoms with van der Waals surface area (Å²) in [5.74, 6) is 0.133. The van der Waals surface area contributed by atoms with Crippen LogP contribution in [0.15, 0.2) is 60.7 Å². The molecule has 0 aliphatic carbocycles. The number of hydrogen-bond acceptors (Lipinski definition) is 5. The molecule has 5 N–H and O–H groups in total. The summed E-state index contributed by atoms with van der Waals surface area (Å²) in [5.41, 5.74) is 5.55. The van der Waals surface area contributed by atoms with Gasteiger partial charge < -0.3 is 26.0 Å². The van der Waals surface area contributed by atoms with Crippen molar-refractivity contribution in [2.75, 3.05) is 26.2 Å². The van der Waals surface area contributed by atoms with Crippen LogP contribution in [0.25, 0.3) is 0 Å². The van der Waals surface area contributed by atoms with Gasteiger partial charge in [-0.1, -0.05) is 60.9 Å². The fourth-order valence-electron chi connectivity index (χ4n) is 4.47. The fraction of sp³-hybridized carbons (Fsp3) is 0.419. The second-order valence-corrected chi connectivity index (χ2v) is 9.64. The molecule has 0 aliphatic rings. The summed E-state index contributed by atoms with van der Waals surface area (Å²) in [5, 5.41) is 37.2. The van der Waals surface area contributed by atoms with Crippen molar-refractivity contribution in [3.05, 3.63) is 88.5 Å². The molecule has 0 heterocycles. The van der Waals surface area contributed by atoms with Crippen LogP contribution in [0.1, 0.15) is 53.5 Å². The lowest BCUT2D eigenvalue weighted by molar-refractivity contribution is 0.398. The molecule has 0 fully saturated rings. The second kappa shape index (κ2) is 15.2. The van der Waals surface area contributed by atoms with Crippen molar-refractivity contribution in [2.45, 2.75) is 58.3 Å². The number of aromatic hydroxyl groups is 3. The van der Waals surface area contributed by atoms with Crippen LogP contribution < -0.4 is 10.6 Å². The Bertz CT molecular complexity index is 1050. The summed E-state index contributed by atoms with van der Waals surface area (Å²) < 4.78 is 0. The summed E-state index contributed by atoms with van der Waals surface area (Å²) in [4.78, 5) is 0. The Hall–Kier alpha value is -3.02. The first kappa shape index (κ1) is 27.6. The molecule has 3 aromatic rings. The van der Waals surface area contributed by atoms with Crippen LogP contribution in [0, 0.1) is 6.92 Å². The maximum Gasteiger partial charge on any atom is 0.160 e. The topological polar surface area (TPSA) is 84.8 Å². The SMILES string of the molecule is Cc1ccc(CCNCCCCCCNCCc2ccc(O)c(O)c2CCc2cccc(O)c2)cc1. The van der Waals surface area contributed by atoms with Crippen molar-refractivity contribution >= 4 is 0 Å². The summed E-state index contributed by atoms with van der Waals surface area (Å²) in [6.45, 7) is 6.06. The molecule has 0 unspecified atom stereocenters. The second-order valence-electron chi connectivity index (χ2n) is 9.64. The van der Waals surface area contributed by atoms with Crippen LogP contribution >= 0.6 is 0 Å². The van der Waals surface area contributed by atoms with E-state index < -0.39 is 0 Å². The quantitative estimate of drug-likeness (QED) is 0.137. The van der Waals surface area contributed by atoms with Gasteiger partial charge in [-0.25, -0.2) is 0 Å². The van der Waals surface area contributed by atoms with Gasteiger partial charge in [0.15, 0.2) is 11.5 Å². The van der Waals surface area contributed by atoms with Crippen LogP contribution in [0.5, 0.6) is 17.2 Å². The first-order valence-corrected chi connectivity index (χ1v) is 13.3. The van der Waals surface area contributed by atoms with Crippen molar-refractivity contribution in [1.29, 1.82) is 0 Å². The maximum absolute atomic E-state index is 10.4. The normalized spacial score (nSPS) is 11.1. The molecular weight excluding hydrogens is 448 g/mol. The Morgan fingerprint density at radius 3 is 2.00 bits per heavy atom. The summed E-state index contributed by atoms with van der Waals surface area (Å²) in [6, 6.07) is 19.4. The number of unbranched alkanes of at least 4 members (excludes halogenated alkanes) is 3. The van der Waals surface area contributed by atoms with Crippen LogP contribution in [-0.4, -0.2) is 41.5 Å². The van der Waals surface area contributed by atoms with Gasteiger partial charge in [-0.05, 0) is 107 Å². The molecule has 5 nitrogen and oxygen atoms in total. The molecule has 0 spiro atoms. The minimum absolute atomic E-state index is 0.0277. The van der Waals surface area contributed by atoms with Crippen LogP contribution in [0.4, 0.5) is 0 Å². The van der Waals surface area contributed by atoms with E-state index in [1.807, 2.05) is 18.2 Å². The third kappa shape index (κ3) is 9.56. The minimum Gasteiger partial charge on any atom is -0.508 e. The number of benzene rings is 3. The highest BCUT2D eigenvalue weighted by Crippen LogP contribution is 2.32. The molecule has 36 heavy (non-hydrogen) atoms. The molecule has 0 atom stereocenters. The lowest BCUT2D eigenvalue weighted by atomic mass is 9.96. The van der Waals surface area contributed by atoms with Crippen molar-refractivity contribution in [3.63, 3.8) is 0 Å². The Balaban J connectivity index is 1.26. The van der Waals surface area contributed by atoms with E-state index in [2.05, 4.69) is 41.8 Å². The standard InChI is InChI=1S/C31H42N2O3/c1-24-9-11-25(12-10-24)17-21-32-19-4-2-3-5-20-33-22-18-27-14-16-30(35)31(36)29(27)15-13-26-7-6-8-28(34)23-26/h6-12,14,16,23,32-36H,2-5,13,15,17-22H2,1H3. The Morgan fingerprint density at radius 2 is 1.31 bits per heavy atom. The van der Waals surface area contributed by atoms with E-state index in [0.717, 1.165) is 62.1 Å². The third-order valence-corrected chi connectivity index (χ3v) is 6.67. The molecule has 0 radical (unpaired) electrons. The van der Waals surface area contributed by atoms with Crippen molar-refractivity contribution in [3.8, 4) is 17.2 Å². The predicted molar refractivity (Wildman–Crippen MR) is 148 cm³/mol. The zero-order valence-corrected chi connectivity index (χ0v) is 21.6. The molecule has 5 heteroatoms. The fourth-order valence-corrected chi connectivity index (χ4v) is 4.47. The third-order valence-electron chi connectivity index (χ3n) is 6.67. The number of rotatable bonds is 16. The van der Waals surface area contributed by atoms with Gasteiger partial charge in [-0.2, -0.15) is 0 Å². The Morgan fingerprint density at radius 1 is 0.611 bits per heavy atom. The highest BCUT2D eigenvalue weighted by molar-refractivity contribution is 5.49. The number of phenols is 3. The summed E-state index contributed by atoms with van der Waals surface area (Å²) >= 11 is 0. The lowest BCUT2D eigenvalue weighted by Crippen LogP contribution is -2.20. The molecule has 0 aromatic heterocycles. The highest BCUT2D eigenvalue weighted by atomic mass is 16.3. The van der Waals surface area contributed by atoms with Gasteiger partial charge in [0.2, 0.25) is 0 Å². The molecule has 0 saturated carbocycles. The van der Waals surface area contributed by atoms with Crippen LogP contribution in [-0.2, 0) is 25.7 Å². The Kier molecular flexibility index (Phi) is 11.6. The van der Waals surface area contributed by atoms with Crippen molar-refractivity contribution < 1.29 is 15.3 Å². The van der Waals surface area contributed by atoms with E-state index in [-0.39, 0.29) is 17.2 Å². The van der Waals surface area contributed by atoms with Crippen LogP contribution in [0.2, 0.25) is 0 Å². The van der Waals surface area contributed by atoms with E-state index in [4.69, 9.17) is 0 Å². The molecule has 194 valence electrons. The van der Waals surface area contributed by atoms with E-state index in [1.165, 1.54) is 30.4 Å². The van der Waals surface area contributed by atoms with Gasteiger partial charge in [0, 0.05) is 5.56 Å². The Labute approximate surface area is 216 Å². The van der Waals surface area contributed by atoms with Crippen LogP contribution in [0.3, 0.4) is 0 Å². The molecule has 0 aliphatic heterocycles. The molecule has 0 saturated heterocycles. The zero-order chi connectivity index (χ0) is 25.6. The molecule has 3 aromatic carbocycles. The summed E-state index contributed by atoms with van der Waals surface area (Å²) in [6.07, 6.45) is 8.02. The van der Waals surface area contributed by atoms with E-state index in [0.29, 0.717) is 12.8 Å². The average Bonchev–Trinajstić information content (AvgIpc) is 2.87. The lowest BCUT2D eigenvalue weighted by Gasteiger charge is -2.14. The predicted octanol–water partition coefficient (Wildman–Crippen LogP) is 5.42. The highest BCUT2D eigenvalue weighted by Gasteiger charge is 2.12. The van der Waals surface area contributed by atoms with Gasteiger partial charge in [0.1, 0.15) is 5.75 Å². The zero-order valence-electron chi connectivity index (χ0n) is 21.6. The van der Waals surface area contributed by atoms with Gasteiger partial charge in [-0.3, -0.25) is 0 Å². The monoisotopic (exact) mass is 490 g/mol. The first-order valence-electron chi connectivity index (χ1n) is 13.3. The first-order chi connectivity index (χ1) is 17.5. The molecule has 3 rings (SSSR count). The number of nitrogens with one attached hydrogen (secondary N) is 2. The summed E-state index contributed by atoms with van der Waals surface area (Å²) in [7, 11) is 0. The molecule has 0 bridgehead atoms.